The van der Waals surface area contributed by atoms with Crippen LogP contribution in [0.3, 0.4) is 0 Å². The first kappa shape index (κ1) is 22.5. The molecule has 0 amide bonds. The van der Waals surface area contributed by atoms with E-state index in [1.54, 1.807) is 6.07 Å². The summed E-state index contributed by atoms with van der Waals surface area (Å²) in [6.07, 6.45) is 0. The van der Waals surface area contributed by atoms with Gasteiger partial charge in [0.15, 0.2) is 8.32 Å². The van der Waals surface area contributed by atoms with Crippen LogP contribution in [-0.2, 0) is 15.4 Å². The van der Waals surface area contributed by atoms with Crippen molar-refractivity contribution in [2.75, 3.05) is 6.61 Å². The fourth-order valence-electron chi connectivity index (χ4n) is 1.59. The molecule has 3 nitrogen and oxygen atoms in total. The van der Waals surface area contributed by atoms with Crippen molar-refractivity contribution in [3.8, 4) is 0 Å². The molecule has 7 heteroatoms. The van der Waals surface area contributed by atoms with Crippen molar-refractivity contribution >= 4 is 36.6 Å². The van der Waals surface area contributed by atoms with Crippen LogP contribution >= 0.6 is 11.6 Å². The topological polar surface area (TPSA) is 38.7 Å². The second-order valence-electron chi connectivity index (χ2n) is 8.61. The summed E-state index contributed by atoms with van der Waals surface area (Å²) in [5, 5.41) is 0.303. The van der Waals surface area contributed by atoms with E-state index in [0.717, 1.165) is 0 Å². The zero-order valence-electron chi connectivity index (χ0n) is 16.4. The molecule has 0 fully saturated rings. The molecule has 1 aromatic carbocycles. The molecule has 0 heterocycles. The minimum absolute atomic E-state index is 0.0286. The Kier molecular flexibility index (Phi) is 7.18. The minimum Gasteiger partial charge on any atom is -0.411 e. The first-order valence-electron chi connectivity index (χ1n) is 8.23. The molecule has 1 rings (SSSR count). The average Bonchev–Trinajstić information content (AvgIpc) is 2.39. The summed E-state index contributed by atoms with van der Waals surface area (Å²) in [7, 11) is -3.50. The van der Waals surface area contributed by atoms with E-state index in [1.165, 1.54) is 12.1 Å². The molecule has 0 saturated heterocycles. The Hall–Kier alpha value is -0.563. The highest BCUT2D eigenvalue weighted by atomic mass is 35.5. The Morgan fingerprint density at radius 2 is 1.76 bits per heavy atom. The van der Waals surface area contributed by atoms with Crippen LogP contribution in [-0.4, -0.2) is 29.6 Å². The molecule has 25 heavy (non-hydrogen) atoms. The van der Waals surface area contributed by atoms with E-state index in [-0.39, 0.29) is 16.7 Å². The minimum atomic E-state index is -2.03. The van der Waals surface area contributed by atoms with Gasteiger partial charge in [-0.05, 0) is 57.1 Å². The third-order valence-electron chi connectivity index (χ3n) is 4.29. The van der Waals surface area contributed by atoms with Gasteiger partial charge in [0.25, 0.3) is 0 Å². The lowest BCUT2D eigenvalue weighted by molar-refractivity contribution is 0.340. The predicted octanol–water partition coefficient (Wildman–Crippen LogP) is 5.75. The van der Waals surface area contributed by atoms with E-state index in [2.05, 4.69) is 38.3 Å². The lowest BCUT2D eigenvalue weighted by atomic mass is 10.1. The van der Waals surface area contributed by atoms with Gasteiger partial charge in [-0.25, -0.2) is 8.60 Å². The van der Waals surface area contributed by atoms with Crippen molar-refractivity contribution in [3.63, 3.8) is 0 Å². The van der Waals surface area contributed by atoms with Gasteiger partial charge in [0.2, 0.25) is 0 Å². The third kappa shape index (κ3) is 6.59. The van der Waals surface area contributed by atoms with Crippen LogP contribution in [0.5, 0.6) is 0 Å². The predicted molar refractivity (Wildman–Crippen MR) is 109 cm³/mol. The molecular weight excluding hydrogens is 377 g/mol. The van der Waals surface area contributed by atoms with Gasteiger partial charge in [-0.15, -0.1) is 0 Å². The summed E-state index contributed by atoms with van der Waals surface area (Å²) in [6.45, 7) is 16.4. The van der Waals surface area contributed by atoms with E-state index in [1.807, 2.05) is 20.8 Å². The van der Waals surface area contributed by atoms with Gasteiger partial charge in [0, 0.05) is 10.6 Å². The van der Waals surface area contributed by atoms with Gasteiger partial charge in [-0.3, -0.25) is 0 Å². The highest BCUT2D eigenvalue weighted by Crippen LogP contribution is 2.36. The van der Waals surface area contributed by atoms with Crippen LogP contribution < -0.4 is 0 Å². The average molecular weight is 406 g/mol. The number of nitrogens with zero attached hydrogens (tertiary/aromatic N) is 1. The second-order valence-corrected chi connectivity index (χ2v) is 15.8. The molecule has 142 valence electrons. The Morgan fingerprint density at radius 3 is 2.20 bits per heavy atom. The summed E-state index contributed by atoms with van der Waals surface area (Å²) in [5.41, 5.74) is 0.959. The fraction of sp³-hybridized carbons (Fsp3) is 0.611. The molecule has 0 N–H and O–H groups in total. The van der Waals surface area contributed by atoms with E-state index in [0.29, 0.717) is 11.3 Å². The Balaban J connectivity index is 3.25. The monoisotopic (exact) mass is 405 g/mol. The summed E-state index contributed by atoms with van der Waals surface area (Å²) in [6, 6.07) is 4.20. The lowest BCUT2D eigenvalue weighted by Crippen LogP contribution is -2.42. The van der Waals surface area contributed by atoms with Crippen LogP contribution in [0, 0.1) is 5.82 Å². The number of rotatable bonds is 5. The van der Waals surface area contributed by atoms with Crippen molar-refractivity contribution in [2.24, 2.45) is 4.40 Å². The van der Waals surface area contributed by atoms with Gasteiger partial charge in [0.1, 0.15) is 16.8 Å². The normalized spacial score (nSPS) is 15.4. The highest BCUT2D eigenvalue weighted by Gasteiger charge is 2.37. The molecule has 0 unspecified atom stereocenters. The van der Waals surface area contributed by atoms with Crippen LogP contribution in [0.2, 0.25) is 23.2 Å². The largest absolute Gasteiger partial charge is 0.411 e. The van der Waals surface area contributed by atoms with Gasteiger partial charge in [0.05, 0.1) is 17.1 Å². The van der Waals surface area contributed by atoms with Crippen LogP contribution in [0.15, 0.2) is 22.6 Å². The molecule has 0 aliphatic heterocycles. The summed E-state index contributed by atoms with van der Waals surface area (Å²) >= 11 is 5.98. The Bertz CT molecular complexity index is 658. The Labute approximate surface area is 159 Å². The van der Waals surface area contributed by atoms with Crippen molar-refractivity contribution in [3.05, 3.63) is 34.6 Å². The van der Waals surface area contributed by atoms with Crippen molar-refractivity contribution < 1.29 is 13.0 Å². The molecule has 0 aliphatic carbocycles. The molecule has 0 aliphatic rings. The number of hydrogen-bond donors (Lipinski definition) is 0. The number of benzene rings is 1. The summed E-state index contributed by atoms with van der Waals surface area (Å²) in [4.78, 5) is 0. The number of hydrogen-bond acceptors (Lipinski definition) is 2. The fourth-order valence-corrected chi connectivity index (χ4v) is 3.37. The van der Waals surface area contributed by atoms with E-state index in [4.69, 9.17) is 16.0 Å². The highest BCUT2D eigenvalue weighted by molar-refractivity contribution is 7.85. The molecule has 0 aromatic heterocycles. The lowest BCUT2D eigenvalue weighted by Gasteiger charge is -2.36. The van der Waals surface area contributed by atoms with E-state index >= 15 is 0 Å². The maximum absolute atomic E-state index is 13.8. The molecule has 1 aromatic rings. The Morgan fingerprint density at radius 1 is 1.20 bits per heavy atom. The van der Waals surface area contributed by atoms with Crippen LogP contribution in [0.4, 0.5) is 4.39 Å². The van der Waals surface area contributed by atoms with Gasteiger partial charge in [-0.1, -0.05) is 32.4 Å². The van der Waals surface area contributed by atoms with Gasteiger partial charge in [-0.2, -0.15) is 4.40 Å². The molecule has 0 spiro atoms. The maximum atomic E-state index is 13.8. The van der Waals surface area contributed by atoms with Crippen LogP contribution in [0.25, 0.3) is 0 Å². The molecule has 0 bridgehead atoms. The quantitative estimate of drug-likeness (QED) is 0.461. The smallest absolute Gasteiger partial charge is 0.192 e. The molecule has 0 radical (unpaired) electrons. The van der Waals surface area contributed by atoms with Crippen molar-refractivity contribution in [1.82, 2.24) is 0 Å². The van der Waals surface area contributed by atoms with Crippen molar-refractivity contribution in [2.45, 2.75) is 64.4 Å². The maximum Gasteiger partial charge on any atom is 0.192 e. The van der Waals surface area contributed by atoms with Crippen LogP contribution in [0.1, 0.15) is 47.1 Å². The third-order valence-corrected chi connectivity index (χ3v) is 10.4. The first-order chi connectivity index (χ1) is 11.1. The van der Waals surface area contributed by atoms with E-state index in [9.17, 15) is 8.60 Å². The molecule has 0 saturated carbocycles. The van der Waals surface area contributed by atoms with Gasteiger partial charge < -0.3 is 4.43 Å². The standard InChI is InChI=1S/C18H29ClFNO2SSi/c1-17(2,3)24(22)21-16(12-23-25(7,8)18(4,5)6)13-9-14(19)11-15(20)10-13/h9-11H,12H2,1-8H3/t24-/m1/s1. The SMILES string of the molecule is CC(C)(C)[S@@](=O)N=C(CO[Si](C)(C)C(C)(C)C)c1cc(F)cc(Cl)c1. The van der Waals surface area contributed by atoms with E-state index < -0.39 is 29.9 Å². The summed E-state index contributed by atoms with van der Waals surface area (Å²) in [5.74, 6) is -0.455. The first-order valence-corrected chi connectivity index (χ1v) is 12.6. The van der Waals surface area contributed by atoms with Crippen molar-refractivity contribution in [1.29, 1.82) is 0 Å². The zero-order chi connectivity index (χ0) is 19.6. The molecule has 1 atom stereocenters. The second kappa shape index (κ2) is 7.99. The zero-order valence-corrected chi connectivity index (χ0v) is 18.9. The number of halogens is 2. The summed E-state index contributed by atoms with van der Waals surface area (Å²) < 4.78 is 36.3. The molecular formula is C18H29ClFNO2SSi. The van der Waals surface area contributed by atoms with Gasteiger partial charge >= 0.3 is 0 Å².